The van der Waals surface area contributed by atoms with Crippen LogP contribution in [0.15, 0.2) is 59.4 Å². The summed E-state index contributed by atoms with van der Waals surface area (Å²) in [6.45, 7) is 4.31. The van der Waals surface area contributed by atoms with Gasteiger partial charge in [-0.05, 0) is 62.9 Å². The number of hydrogen-bond donors (Lipinski definition) is 1. The second-order valence-corrected chi connectivity index (χ2v) is 9.06. The van der Waals surface area contributed by atoms with Crippen LogP contribution in [-0.4, -0.2) is 46.5 Å². The minimum Gasteiger partial charge on any atom is -0.353 e. The van der Waals surface area contributed by atoms with E-state index in [1.807, 2.05) is 6.07 Å². The van der Waals surface area contributed by atoms with Gasteiger partial charge < -0.3 is 10.2 Å². The summed E-state index contributed by atoms with van der Waals surface area (Å²) >= 11 is 0. The molecule has 4 rings (SSSR count). The summed E-state index contributed by atoms with van der Waals surface area (Å²) < 4.78 is 41.1. The summed E-state index contributed by atoms with van der Waals surface area (Å²) in [7, 11) is 0. The number of likely N-dealkylation sites (tertiary alicyclic amines) is 1. The third-order valence-corrected chi connectivity index (χ3v) is 6.63. The van der Waals surface area contributed by atoms with Crippen LogP contribution in [0.4, 0.5) is 13.2 Å². The number of rotatable bonds is 7. The Kier molecular flexibility index (Phi) is 7.54. The van der Waals surface area contributed by atoms with E-state index in [2.05, 4.69) is 39.5 Å². The number of piperidine rings is 1. The molecule has 1 fully saturated rings. The fraction of sp³-hybridized carbons (Fsp3) is 0.423. The number of fused-ring (bicyclic) bond motifs is 1. The number of carbonyl (C=O) groups excluding carboxylic acids is 1. The zero-order valence-electron chi connectivity index (χ0n) is 19.6. The van der Waals surface area contributed by atoms with Crippen molar-refractivity contribution in [1.82, 2.24) is 19.8 Å². The van der Waals surface area contributed by atoms with Crippen molar-refractivity contribution < 1.29 is 18.0 Å². The number of nitrogens with zero attached hydrogens (tertiary/aromatic N) is 3. The van der Waals surface area contributed by atoms with E-state index in [9.17, 15) is 22.8 Å². The van der Waals surface area contributed by atoms with Gasteiger partial charge in [0.25, 0.3) is 5.56 Å². The highest BCUT2D eigenvalue weighted by molar-refractivity contribution is 5.83. The van der Waals surface area contributed by atoms with Crippen molar-refractivity contribution in [1.29, 1.82) is 0 Å². The lowest BCUT2D eigenvalue weighted by Crippen LogP contribution is -2.43. The van der Waals surface area contributed by atoms with E-state index in [1.54, 1.807) is 6.07 Å². The van der Waals surface area contributed by atoms with Gasteiger partial charge in [-0.1, -0.05) is 42.5 Å². The van der Waals surface area contributed by atoms with Gasteiger partial charge in [0.1, 0.15) is 6.04 Å². The molecule has 0 saturated carbocycles. The summed E-state index contributed by atoms with van der Waals surface area (Å²) in [5, 5.41) is 2.79. The first-order chi connectivity index (χ1) is 16.7. The SMILES string of the molecule is C[C@@H](C(=O)NCCN1CCC(Cc2ccccc2)CC1)n1c(=O)c(C(F)(F)F)nc2ccccc21. The fourth-order valence-corrected chi connectivity index (χ4v) is 4.69. The molecule has 2 heterocycles. The summed E-state index contributed by atoms with van der Waals surface area (Å²) in [6, 6.07) is 15.3. The summed E-state index contributed by atoms with van der Waals surface area (Å²) in [5.41, 5.74) is -1.29. The van der Waals surface area contributed by atoms with Gasteiger partial charge in [0.05, 0.1) is 11.0 Å². The van der Waals surface area contributed by atoms with Gasteiger partial charge in [0.15, 0.2) is 0 Å². The van der Waals surface area contributed by atoms with Crippen molar-refractivity contribution in [3.8, 4) is 0 Å². The number of carbonyl (C=O) groups is 1. The Hall–Kier alpha value is -3.20. The van der Waals surface area contributed by atoms with Crippen molar-refractivity contribution in [2.75, 3.05) is 26.2 Å². The lowest BCUT2D eigenvalue weighted by molar-refractivity contribution is -0.142. The summed E-state index contributed by atoms with van der Waals surface area (Å²) in [4.78, 5) is 31.2. The number of aromatic nitrogens is 2. The van der Waals surface area contributed by atoms with E-state index in [0.29, 0.717) is 19.0 Å². The van der Waals surface area contributed by atoms with Gasteiger partial charge in [-0.15, -0.1) is 0 Å². The molecule has 186 valence electrons. The van der Waals surface area contributed by atoms with Crippen LogP contribution in [0.25, 0.3) is 11.0 Å². The highest BCUT2D eigenvalue weighted by Gasteiger charge is 2.38. The van der Waals surface area contributed by atoms with Crippen LogP contribution in [0.5, 0.6) is 0 Å². The lowest BCUT2D eigenvalue weighted by Gasteiger charge is -2.32. The summed E-state index contributed by atoms with van der Waals surface area (Å²) in [5.74, 6) is 0.133. The van der Waals surface area contributed by atoms with E-state index in [-0.39, 0.29) is 11.0 Å². The molecule has 0 spiro atoms. The van der Waals surface area contributed by atoms with Crippen LogP contribution in [0.3, 0.4) is 0 Å². The quantitative estimate of drug-likeness (QED) is 0.547. The highest BCUT2D eigenvalue weighted by Crippen LogP contribution is 2.27. The molecule has 2 aromatic carbocycles. The number of nitrogens with one attached hydrogen (secondary N) is 1. The third kappa shape index (κ3) is 5.90. The molecule has 1 aliphatic rings. The zero-order chi connectivity index (χ0) is 25.0. The van der Waals surface area contributed by atoms with Gasteiger partial charge in [0, 0.05) is 13.1 Å². The fourth-order valence-electron chi connectivity index (χ4n) is 4.69. The van der Waals surface area contributed by atoms with E-state index in [1.165, 1.54) is 30.7 Å². The van der Waals surface area contributed by atoms with Crippen molar-refractivity contribution in [3.05, 3.63) is 76.2 Å². The predicted octanol–water partition coefficient (Wildman–Crippen LogP) is 4.05. The number of alkyl halides is 3. The minimum absolute atomic E-state index is 0.0115. The topological polar surface area (TPSA) is 67.2 Å². The maximum Gasteiger partial charge on any atom is 0.438 e. The molecular formula is C26H29F3N4O2. The van der Waals surface area contributed by atoms with Crippen LogP contribution in [0, 0.1) is 5.92 Å². The average Bonchev–Trinajstić information content (AvgIpc) is 2.84. The number of amides is 1. The first-order valence-electron chi connectivity index (χ1n) is 11.9. The standard InChI is InChI=1S/C26H29F3N4O2/c1-18(33-22-10-6-5-9-21(22)31-23(25(33)35)26(27,28)29)24(34)30-13-16-32-14-11-20(12-15-32)17-19-7-3-2-4-8-19/h2-10,18,20H,11-17H2,1H3,(H,30,34)/t18-/m0/s1. The Bertz CT molecular complexity index is 1220. The van der Waals surface area contributed by atoms with Gasteiger partial charge in [-0.2, -0.15) is 13.2 Å². The van der Waals surface area contributed by atoms with Gasteiger partial charge in [-0.3, -0.25) is 14.2 Å². The van der Waals surface area contributed by atoms with Gasteiger partial charge in [0.2, 0.25) is 11.6 Å². The number of halogens is 3. The first kappa shape index (κ1) is 24.9. The molecule has 0 radical (unpaired) electrons. The van der Waals surface area contributed by atoms with Crippen LogP contribution in [0.1, 0.15) is 37.1 Å². The van der Waals surface area contributed by atoms with E-state index < -0.39 is 29.4 Å². The molecule has 0 aliphatic carbocycles. The second-order valence-electron chi connectivity index (χ2n) is 9.06. The molecule has 0 unspecified atom stereocenters. The largest absolute Gasteiger partial charge is 0.438 e. The van der Waals surface area contributed by atoms with E-state index >= 15 is 0 Å². The molecular weight excluding hydrogens is 457 g/mol. The number of para-hydroxylation sites is 2. The molecule has 1 amide bonds. The van der Waals surface area contributed by atoms with Crippen molar-refractivity contribution >= 4 is 16.9 Å². The normalized spacial score (nSPS) is 16.3. The van der Waals surface area contributed by atoms with Gasteiger partial charge in [-0.25, -0.2) is 4.98 Å². The molecule has 1 saturated heterocycles. The average molecular weight is 487 g/mol. The molecule has 1 aliphatic heterocycles. The van der Waals surface area contributed by atoms with Crippen molar-refractivity contribution in [2.45, 2.75) is 38.4 Å². The molecule has 0 bridgehead atoms. The highest BCUT2D eigenvalue weighted by atomic mass is 19.4. The van der Waals surface area contributed by atoms with Crippen molar-refractivity contribution in [3.63, 3.8) is 0 Å². The zero-order valence-corrected chi connectivity index (χ0v) is 19.6. The molecule has 3 aromatic rings. The Morgan fingerprint density at radius 1 is 1.09 bits per heavy atom. The van der Waals surface area contributed by atoms with Crippen LogP contribution in [0.2, 0.25) is 0 Å². The van der Waals surface area contributed by atoms with Gasteiger partial charge >= 0.3 is 6.18 Å². The Labute approximate surface area is 201 Å². The molecule has 35 heavy (non-hydrogen) atoms. The van der Waals surface area contributed by atoms with E-state index in [4.69, 9.17) is 0 Å². The number of hydrogen-bond acceptors (Lipinski definition) is 4. The molecule has 1 atom stereocenters. The first-order valence-corrected chi connectivity index (χ1v) is 11.9. The van der Waals surface area contributed by atoms with Crippen molar-refractivity contribution in [2.24, 2.45) is 5.92 Å². The van der Waals surface area contributed by atoms with Crippen LogP contribution in [-0.2, 0) is 17.4 Å². The molecule has 1 N–H and O–H groups in total. The van der Waals surface area contributed by atoms with Crippen LogP contribution >= 0.6 is 0 Å². The second kappa shape index (κ2) is 10.6. The lowest BCUT2D eigenvalue weighted by atomic mass is 9.90. The maximum atomic E-state index is 13.4. The predicted molar refractivity (Wildman–Crippen MR) is 128 cm³/mol. The Morgan fingerprint density at radius 3 is 2.43 bits per heavy atom. The minimum atomic E-state index is -4.91. The maximum absolute atomic E-state index is 13.4. The smallest absolute Gasteiger partial charge is 0.353 e. The Morgan fingerprint density at radius 2 is 1.74 bits per heavy atom. The van der Waals surface area contributed by atoms with E-state index in [0.717, 1.165) is 36.9 Å². The van der Waals surface area contributed by atoms with Crippen LogP contribution < -0.4 is 10.9 Å². The molecule has 9 heteroatoms. The molecule has 6 nitrogen and oxygen atoms in total. The Balaban J connectivity index is 1.35. The summed E-state index contributed by atoms with van der Waals surface area (Å²) in [6.07, 6.45) is -1.68. The third-order valence-electron chi connectivity index (χ3n) is 6.63. The monoisotopic (exact) mass is 486 g/mol. The number of benzene rings is 2. The molecule has 1 aromatic heterocycles.